The molecule has 1 amide bonds. The molecular formula is C26H25F4N3O3S. The summed E-state index contributed by atoms with van der Waals surface area (Å²) in [5, 5.41) is 8.87. The second kappa shape index (κ2) is 9.74. The van der Waals surface area contributed by atoms with Gasteiger partial charge in [0.1, 0.15) is 17.0 Å². The molecule has 0 aromatic heterocycles. The van der Waals surface area contributed by atoms with Crippen molar-refractivity contribution in [1.29, 1.82) is 5.26 Å². The first kappa shape index (κ1) is 28.1. The molecule has 0 unspecified atom stereocenters. The average Bonchev–Trinajstić information content (AvgIpc) is 3.01. The van der Waals surface area contributed by atoms with Gasteiger partial charge in [0.05, 0.1) is 28.4 Å². The Morgan fingerprint density at radius 3 is 2.22 bits per heavy atom. The topological polar surface area (TPSA) is 73.6 Å². The first-order valence-electron chi connectivity index (χ1n) is 11.4. The Balaban J connectivity index is 2.01. The highest BCUT2D eigenvalue weighted by atomic mass is 32.1. The molecule has 0 aliphatic carbocycles. The monoisotopic (exact) mass is 535 g/mol. The van der Waals surface area contributed by atoms with Crippen molar-refractivity contribution in [1.82, 2.24) is 0 Å². The summed E-state index contributed by atoms with van der Waals surface area (Å²) >= 11 is 5.45. The van der Waals surface area contributed by atoms with Crippen LogP contribution >= 0.6 is 12.2 Å². The molecule has 3 rings (SSSR count). The van der Waals surface area contributed by atoms with Crippen molar-refractivity contribution in [3.8, 4) is 6.07 Å². The van der Waals surface area contributed by atoms with Gasteiger partial charge < -0.3 is 9.64 Å². The number of carbonyl (C=O) groups is 2. The number of alkyl halides is 3. The van der Waals surface area contributed by atoms with E-state index in [1.54, 1.807) is 6.92 Å². The van der Waals surface area contributed by atoms with Crippen molar-refractivity contribution in [2.24, 2.45) is 0 Å². The zero-order valence-corrected chi connectivity index (χ0v) is 21.7. The molecule has 0 N–H and O–H groups in total. The number of ether oxygens (including phenoxy) is 1. The minimum atomic E-state index is -4.83. The lowest BCUT2D eigenvalue weighted by Gasteiger charge is -2.30. The van der Waals surface area contributed by atoms with Crippen molar-refractivity contribution >= 4 is 40.6 Å². The number of amides is 1. The van der Waals surface area contributed by atoms with Gasteiger partial charge in [-0.15, -0.1) is 0 Å². The number of thiocarbonyl (C=S) groups is 1. The van der Waals surface area contributed by atoms with Crippen molar-refractivity contribution in [2.45, 2.75) is 64.8 Å². The Bertz CT molecular complexity index is 1310. The van der Waals surface area contributed by atoms with Crippen LogP contribution in [0.15, 0.2) is 36.4 Å². The normalized spacial score (nSPS) is 15.7. The van der Waals surface area contributed by atoms with Gasteiger partial charge in [-0.25, -0.2) is 9.18 Å². The fourth-order valence-corrected chi connectivity index (χ4v) is 4.46. The molecule has 1 fully saturated rings. The van der Waals surface area contributed by atoms with E-state index in [0.29, 0.717) is 18.9 Å². The number of halogens is 4. The van der Waals surface area contributed by atoms with E-state index in [1.165, 1.54) is 43.0 Å². The van der Waals surface area contributed by atoms with Crippen molar-refractivity contribution in [3.05, 3.63) is 58.9 Å². The third-order valence-corrected chi connectivity index (χ3v) is 6.99. The van der Waals surface area contributed by atoms with Crippen LogP contribution in [0.2, 0.25) is 0 Å². The highest BCUT2D eigenvalue weighted by molar-refractivity contribution is 7.81. The molecule has 1 heterocycles. The third-order valence-electron chi connectivity index (χ3n) is 6.62. The van der Waals surface area contributed by atoms with Crippen LogP contribution in [-0.2, 0) is 15.7 Å². The molecule has 2 aromatic rings. The van der Waals surface area contributed by atoms with E-state index >= 15 is 4.39 Å². The van der Waals surface area contributed by atoms with Crippen LogP contribution in [0.25, 0.3) is 0 Å². The minimum Gasteiger partial charge on any atom is -0.456 e. The minimum absolute atomic E-state index is 0.123. The largest absolute Gasteiger partial charge is 0.456 e. The van der Waals surface area contributed by atoms with Gasteiger partial charge in [0, 0.05) is 5.69 Å². The van der Waals surface area contributed by atoms with Crippen LogP contribution in [0.4, 0.5) is 28.9 Å². The smallest absolute Gasteiger partial charge is 0.417 e. The van der Waals surface area contributed by atoms with Gasteiger partial charge in [-0.3, -0.25) is 9.69 Å². The van der Waals surface area contributed by atoms with Crippen molar-refractivity contribution < 1.29 is 31.9 Å². The van der Waals surface area contributed by atoms with Gasteiger partial charge in [0.25, 0.3) is 5.91 Å². The molecule has 1 saturated heterocycles. The van der Waals surface area contributed by atoms with E-state index in [-0.39, 0.29) is 22.1 Å². The lowest BCUT2D eigenvalue weighted by atomic mass is 10.00. The molecular weight excluding hydrogens is 510 g/mol. The molecule has 2 aromatic carbocycles. The predicted octanol–water partition coefficient (Wildman–Crippen LogP) is 6.37. The van der Waals surface area contributed by atoms with Gasteiger partial charge in [0.2, 0.25) is 0 Å². The van der Waals surface area contributed by atoms with Gasteiger partial charge in [-0.05, 0) is 82.2 Å². The number of hydrogen-bond acceptors (Lipinski definition) is 5. The second-order valence-corrected chi connectivity index (χ2v) is 9.73. The van der Waals surface area contributed by atoms with E-state index in [4.69, 9.17) is 22.2 Å². The molecule has 37 heavy (non-hydrogen) atoms. The van der Waals surface area contributed by atoms with Crippen LogP contribution < -0.4 is 9.80 Å². The number of nitrogens with zero attached hydrogens (tertiary/aromatic N) is 3. The Morgan fingerprint density at radius 2 is 1.70 bits per heavy atom. The van der Waals surface area contributed by atoms with Crippen molar-refractivity contribution in [2.75, 3.05) is 9.80 Å². The quantitative estimate of drug-likeness (QED) is 0.243. The van der Waals surface area contributed by atoms with E-state index in [1.807, 2.05) is 13.8 Å². The van der Waals surface area contributed by atoms with Crippen LogP contribution in [0, 0.1) is 17.1 Å². The molecule has 196 valence electrons. The molecule has 0 atom stereocenters. The predicted molar refractivity (Wildman–Crippen MR) is 134 cm³/mol. The number of rotatable bonds is 6. The summed E-state index contributed by atoms with van der Waals surface area (Å²) < 4.78 is 61.1. The Hall–Kier alpha value is -3.52. The molecule has 0 saturated carbocycles. The lowest BCUT2D eigenvalue weighted by molar-refractivity contribution is -0.137. The van der Waals surface area contributed by atoms with Gasteiger partial charge in [0.15, 0.2) is 5.11 Å². The molecule has 11 heteroatoms. The summed E-state index contributed by atoms with van der Waals surface area (Å²) in [7, 11) is 0. The number of anilines is 2. The summed E-state index contributed by atoms with van der Waals surface area (Å²) in [4.78, 5) is 28.1. The second-order valence-electron chi connectivity index (χ2n) is 9.37. The zero-order chi connectivity index (χ0) is 27.9. The zero-order valence-electron chi connectivity index (χ0n) is 20.9. The number of nitriles is 1. The van der Waals surface area contributed by atoms with E-state index < -0.39 is 46.1 Å². The number of esters is 1. The third kappa shape index (κ3) is 5.03. The van der Waals surface area contributed by atoms with Crippen LogP contribution in [0.1, 0.15) is 68.9 Å². The SMILES string of the molecule is CCC(C)(CC)OC(=O)c1ccc(N2C(=S)N(c3ccc(C#N)c(C(F)(F)F)c3)C(=O)C2(C)C)cc1F. The Labute approximate surface area is 217 Å². The first-order chi connectivity index (χ1) is 17.1. The molecule has 0 spiro atoms. The first-order valence-corrected chi connectivity index (χ1v) is 11.8. The molecule has 0 radical (unpaired) electrons. The number of hydrogen-bond donors (Lipinski definition) is 0. The Morgan fingerprint density at radius 1 is 1.11 bits per heavy atom. The fraction of sp³-hybridized carbons (Fsp3) is 0.385. The van der Waals surface area contributed by atoms with Gasteiger partial charge in [-0.2, -0.15) is 18.4 Å². The maximum Gasteiger partial charge on any atom is 0.417 e. The van der Waals surface area contributed by atoms with Gasteiger partial charge >= 0.3 is 12.1 Å². The van der Waals surface area contributed by atoms with Crippen LogP contribution in [0.3, 0.4) is 0 Å². The molecule has 0 bridgehead atoms. The molecule has 1 aliphatic heterocycles. The lowest BCUT2D eigenvalue weighted by Crippen LogP contribution is -2.44. The highest BCUT2D eigenvalue weighted by Crippen LogP contribution is 2.40. The van der Waals surface area contributed by atoms with E-state index in [0.717, 1.165) is 17.0 Å². The summed E-state index contributed by atoms with van der Waals surface area (Å²) in [5.41, 5.74) is -4.33. The summed E-state index contributed by atoms with van der Waals surface area (Å²) in [5.74, 6) is -2.39. The highest BCUT2D eigenvalue weighted by Gasteiger charge is 2.51. The maximum atomic E-state index is 15.1. The van der Waals surface area contributed by atoms with Crippen molar-refractivity contribution in [3.63, 3.8) is 0 Å². The standard InChI is InChI=1S/C26H25F4N3O3S/c1-6-25(5,7-2)36-21(34)18-11-10-17(13-20(18)27)33-23(37)32(22(35)24(33,3)4)16-9-8-15(14-31)19(12-16)26(28,29)30/h8-13H,6-7H2,1-5H3. The Kier molecular flexibility index (Phi) is 7.39. The molecule has 6 nitrogen and oxygen atoms in total. The summed E-state index contributed by atoms with van der Waals surface area (Å²) in [6.07, 6.45) is -3.76. The summed E-state index contributed by atoms with van der Waals surface area (Å²) in [6, 6.07) is 7.95. The number of benzene rings is 2. The maximum absolute atomic E-state index is 15.1. The van der Waals surface area contributed by atoms with Gasteiger partial charge in [-0.1, -0.05) is 13.8 Å². The van der Waals surface area contributed by atoms with Crippen LogP contribution in [0.5, 0.6) is 0 Å². The van der Waals surface area contributed by atoms with E-state index in [9.17, 15) is 22.8 Å². The summed E-state index contributed by atoms with van der Waals surface area (Å²) in [6.45, 7) is 8.42. The number of carbonyl (C=O) groups excluding carboxylic acids is 2. The van der Waals surface area contributed by atoms with E-state index in [2.05, 4.69) is 0 Å². The molecule has 1 aliphatic rings. The van der Waals surface area contributed by atoms with Crippen LogP contribution in [-0.4, -0.2) is 28.1 Å². The average molecular weight is 536 g/mol. The fourth-order valence-electron chi connectivity index (χ4n) is 3.94.